The predicted octanol–water partition coefficient (Wildman–Crippen LogP) is 5.51. The Morgan fingerprint density at radius 2 is 1.21 bits per heavy atom. The van der Waals surface area contributed by atoms with E-state index in [0.29, 0.717) is 0 Å². The summed E-state index contributed by atoms with van der Waals surface area (Å²) >= 11 is 0. The molecule has 0 saturated heterocycles. The molecule has 154 valence electrons. The van der Waals surface area contributed by atoms with Gasteiger partial charge in [0, 0.05) is 13.1 Å². The maximum Gasteiger partial charge on any atom is 0.160 e. The first kappa shape index (κ1) is 22.8. The molecule has 3 aromatic rings. The van der Waals surface area contributed by atoms with Gasteiger partial charge in [-0.2, -0.15) is 0 Å². The Bertz CT molecular complexity index is 866. The fraction of sp³-hybridized carbons (Fsp3) is 0.280. The molecule has 0 unspecified atom stereocenters. The molecule has 3 rings (SSSR count). The van der Waals surface area contributed by atoms with Gasteiger partial charge in [-0.3, -0.25) is 0 Å². The third kappa shape index (κ3) is 6.52. The van der Waals surface area contributed by atoms with E-state index in [2.05, 4.69) is 78.7 Å². The first-order valence-corrected chi connectivity index (χ1v) is 9.73. The molecule has 0 aliphatic heterocycles. The van der Waals surface area contributed by atoms with Crippen LogP contribution in [-0.4, -0.2) is 39.3 Å². The summed E-state index contributed by atoms with van der Waals surface area (Å²) in [6.45, 7) is 2.05. The van der Waals surface area contributed by atoms with Crippen molar-refractivity contribution in [2.75, 3.05) is 34.4 Å². The highest BCUT2D eigenvalue weighted by Gasteiger charge is 2.06. The van der Waals surface area contributed by atoms with Gasteiger partial charge in [0.15, 0.2) is 11.5 Å². The predicted molar refractivity (Wildman–Crippen MR) is 124 cm³/mol. The van der Waals surface area contributed by atoms with Crippen molar-refractivity contribution >= 4 is 12.4 Å². The molecule has 0 saturated carbocycles. The number of benzene rings is 3. The van der Waals surface area contributed by atoms with Crippen molar-refractivity contribution in [1.29, 1.82) is 0 Å². The molecule has 29 heavy (non-hydrogen) atoms. The van der Waals surface area contributed by atoms with Gasteiger partial charge in [-0.1, -0.05) is 60.7 Å². The van der Waals surface area contributed by atoms with E-state index >= 15 is 0 Å². The number of halogens is 1. The van der Waals surface area contributed by atoms with Crippen molar-refractivity contribution in [3.05, 3.63) is 83.9 Å². The molecule has 0 fully saturated rings. The summed E-state index contributed by atoms with van der Waals surface area (Å²) in [5.41, 5.74) is 5.17. The third-order valence-electron chi connectivity index (χ3n) is 5.07. The van der Waals surface area contributed by atoms with Crippen LogP contribution in [0.1, 0.15) is 11.1 Å². The van der Waals surface area contributed by atoms with Crippen molar-refractivity contribution < 1.29 is 9.47 Å². The van der Waals surface area contributed by atoms with E-state index in [0.717, 1.165) is 37.4 Å². The summed E-state index contributed by atoms with van der Waals surface area (Å²) in [6.07, 6.45) is 2.04. The van der Waals surface area contributed by atoms with E-state index < -0.39 is 0 Å². The van der Waals surface area contributed by atoms with Crippen molar-refractivity contribution in [3.8, 4) is 22.6 Å². The molecule has 4 heteroatoms. The molecule has 0 bridgehead atoms. The smallest absolute Gasteiger partial charge is 0.160 e. The number of nitrogens with zero attached hydrogens (tertiary/aromatic N) is 1. The van der Waals surface area contributed by atoms with Crippen LogP contribution >= 0.6 is 12.4 Å². The van der Waals surface area contributed by atoms with Crippen LogP contribution in [0.25, 0.3) is 11.1 Å². The quantitative estimate of drug-likeness (QED) is 0.463. The number of methoxy groups -OCH3 is 2. The maximum absolute atomic E-state index is 5.39. The number of likely N-dealkylation sites (N-methyl/N-ethyl adjacent to an activating group) is 1. The Kier molecular flexibility index (Phi) is 9.04. The van der Waals surface area contributed by atoms with Gasteiger partial charge in [0.2, 0.25) is 0 Å². The minimum atomic E-state index is 0. The van der Waals surface area contributed by atoms with Crippen molar-refractivity contribution in [2.45, 2.75) is 12.8 Å². The van der Waals surface area contributed by atoms with Crippen molar-refractivity contribution in [1.82, 2.24) is 4.90 Å². The minimum absolute atomic E-state index is 0. The molecule has 3 aromatic carbocycles. The molecule has 0 amide bonds. The Labute approximate surface area is 180 Å². The van der Waals surface area contributed by atoms with E-state index in [1.54, 1.807) is 14.2 Å². The summed E-state index contributed by atoms with van der Waals surface area (Å²) in [5, 5.41) is 0. The van der Waals surface area contributed by atoms with Gasteiger partial charge in [0.05, 0.1) is 14.2 Å². The van der Waals surface area contributed by atoms with E-state index in [1.807, 2.05) is 6.07 Å². The SMILES string of the molecule is COc1ccc(CCN(C)CCc2ccc(-c3ccccc3)cc2)cc1OC.Cl. The fourth-order valence-electron chi connectivity index (χ4n) is 3.28. The monoisotopic (exact) mass is 411 g/mol. The first-order chi connectivity index (χ1) is 13.7. The molecule has 0 aromatic heterocycles. The van der Waals surface area contributed by atoms with Crippen LogP contribution < -0.4 is 9.47 Å². The molecule has 0 radical (unpaired) electrons. The highest BCUT2D eigenvalue weighted by atomic mass is 35.5. The highest BCUT2D eigenvalue weighted by Crippen LogP contribution is 2.27. The molecular formula is C25H30ClNO2. The standard InChI is InChI=1S/C25H29NO2.ClH/c1-26(18-16-21-11-14-24(27-2)25(19-21)28-3)17-15-20-9-12-23(13-10-20)22-7-5-4-6-8-22;/h4-14,19H,15-18H2,1-3H3;1H. The zero-order valence-corrected chi connectivity index (χ0v) is 18.2. The van der Waals surface area contributed by atoms with E-state index in [-0.39, 0.29) is 12.4 Å². The summed E-state index contributed by atoms with van der Waals surface area (Å²) in [7, 11) is 5.52. The fourth-order valence-corrected chi connectivity index (χ4v) is 3.28. The lowest BCUT2D eigenvalue weighted by atomic mass is 10.0. The van der Waals surface area contributed by atoms with Gasteiger partial charge in [-0.25, -0.2) is 0 Å². The molecular weight excluding hydrogens is 382 g/mol. The van der Waals surface area contributed by atoms with Crippen LogP contribution in [0, 0.1) is 0 Å². The molecule has 0 spiro atoms. The first-order valence-electron chi connectivity index (χ1n) is 9.73. The van der Waals surface area contributed by atoms with Crippen LogP contribution in [0.15, 0.2) is 72.8 Å². The topological polar surface area (TPSA) is 21.7 Å². The summed E-state index contributed by atoms with van der Waals surface area (Å²) in [5.74, 6) is 1.57. The van der Waals surface area contributed by atoms with Crippen LogP contribution in [0.2, 0.25) is 0 Å². The van der Waals surface area contributed by atoms with Gasteiger partial charge in [0.1, 0.15) is 0 Å². The van der Waals surface area contributed by atoms with Gasteiger partial charge in [0.25, 0.3) is 0 Å². The van der Waals surface area contributed by atoms with E-state index in [9.17, 15) is 0 Å². The Balaban J connectivity index is 0.00000300. The summed E-state index contributed by atoms with van der Waals surface area (Å²) < 4.78 is 10.7. The Morgan fingerprint density at radius 1 is 0.655 bits per heavy atom. The van der Waals surface area contributed by atoms with E-state index in [1.165, 1.54) is 22.3 Å². The van der Waals surface area contributed by atoms with E-state index in [4.69, 9.17) is 9.47 Å². The third-order valence-corrected chi connectivity index (χ3v) is 5.07. The largest absolute Gasteiger partial charge is 0.493 e. The summed E-state index contributed by atoms with van der Waals surface area (Å²) in [6, 6.07) is 25.6. The van der Waals surface area contributed by atoms with Gasteiger partial charge < -0.3 is 14.4 Å². The summed E-state index contributed by atoms with van der Waals surface area (Å²) in [4.78, 5) is 2.38. The normalized spacial score (nSPS) is 10.5. The lowest BCUT2D eigenvalue weighted by Gasteiger charge is -2.17. The molecule has 0 aliphatic rings. The average molecular weight is 412 g/mol. The second-order valence-corrected chi connectivity index (χ2v) is 7.06. The van der Waals surface area contributed by atoms with Crippen LogP contribution in [-0.2, 0) is 12.8 Å². The lowest BCUT2D eigenvalue weighted by molar-refractivity contribution is 0.340. The highest BCUT2D eigenvalue weighted by molar-refractivity contribution is 5.85. The van der Waals surface area contributed by atoms with Crippen LogP contribution in [0.5, 0.6) is 11.5 Å². The molecule has 0 N–H and O–H groups in total. The zero-order valence-electron chi connectivity index (χ0n) is 17.4. The maximum atomic E-state index is 5.39. The zero-order chi connectivity index (χ0) is 19.8. The lowest BCUT2D eigenvalue weighted by Crippen LogP contribution is -2.23. The molecule has 3 nitrogen and oxygen atoms in total. The van der Waals surface area contributed by atoms with Gasteiger partial charge >= 0.3 is 0 Å². The molecule has 0 atom stereocenters. The number of rotatable bonds is 9. The number of hydrogen-bond donors (Lipinski definition) is 0. The Morgan fingerprint density at radius 3 is 1.83 bits per heavy atom. The average Bonchev–Trinajstić information content (AvgIpc) is 2.77. The van der Waals surface area contributed by atoms with Crippen molar-refractivity contribution in [3.63, 3.8) is 0 Å². The molecule has 0 heterocycles. The number of ether oxygens (including phenoxy) is 2. The second kappa shape index (κ2) is 11.5. The van der Waals surface area contributed by atoms with Crippen LogP contribution in [0.4, 0.5) is 0 Å². The van der Waals surface area contributed by atoms with Gasteiger partial charge in [-0.05, 0) is 54.3 Å². The molecule has 0 aliphatic carbocycles. The second-order valence-electron chi connectivity index (χ2n) is 7.06. The van der Waals surface area contributed by atoms with Gasteiger partial charge in [-0.15, -0.1) is 12.4 Å². The number of hydrogen-bond acceptors (Lipinski definition) is 3. The Hall–Kier alpha value is -2.49. The van der Waals surface area contributed by atoms with Crippen molar-refractivity contribution in [2.24, 2.45) is 0 Å². The minimum Gasteiger partial charge on any atom is -0.493 e. The van der Waals surface area contributed by atoms with Crippen LogP contribution in [0.3, 0.4) is 0 Å².